The van der Waals surface area contributed by atoms with E-state index in [2.05, 4.69) is 4.99 Å². The summed E-state index contributed by atoms with van der Waals surface area (Å²) in [6.45, 7) is 4.45. The second-order valence-corrected chi connectivity index (χ2v) is 7.57. The molecule has 0 aliphatic carbocycles. The van der Waals surface area contributed by atoms with Crippen LogP contribution in [0.15, 0.2) is 47.5 Å². The Kier molecular flexibility index (Phi) is 6.24. The third-order valence-corrected chi connectivity index (χ3v) is 5.88. The largest absolute Gasteiger partial charge is 0.316 e. The molecule has 0 unspecified atom stereocenters. The SMILES string of the molecule is CCc1sc(=NC(=O)c2cc([N+](=O)[O-])ccc2Cl)n(CC)c1-c1ccc(F)cc1. The third-order valence-electron chi connectivity index (χ3n) is 4.32. The molecule has 9 heteroatoms. The van der Waals surface area contributed by atoms with Crippen molar-refractivity contribution in [1.82, 2.24) is 4.57 Å². The van der Waals surface area contributed by atoms with Crippen molar-refractivity contribution in [1.29, 1.82) is 0 Å². The lowest BCUT2D eigenvalue weighted by Crippen LogP contribution is -2.17. The maximum atomic E-state index is 13.3. The van der Waals surface area contributed by atoms with Gasteiger partial charge < -0.3 is 4.57 Å². The summed E-state index contributed by atoms with van der Waals surface area (Å²) in [5.74, 6) is -0.985. The van der Waals surface area contributed by atoms with Crippen LogP contribution in [0.3, 0.4) is 0 Å². The topological polar surface area (TPSA) is 77.5 Å². The summed E-state index contributed by atoms with van der Waals surface area (Å²) in [6, 6.07) is 9.82. The number of rotatable bonds is 5. The molecule has 29 heavy (non-hydrogen) atoms. The van der Waals surface area contributed by atoms with E-state index in [1.54, 1.807) is 12.1 Å². The van der Waals surface area contributed by atoms with Crippen molar-refractivity contribution in [3.05, 3.63) is 78.7 Å². The summed E-state index contributed by atoms with van der Waals surface area (Å²) in [4.78, 5) is 28.8. The molecule has 0 radical (unpaired) electrons. The number of amides is 1. The summed E-state index contributed by atoms with van der Waals surface area (Å²) < 4.78 is 15.2. The van der Waals surface area contributed by atoms with E-state index < -0.39 is 10.8 Å². The molecule has 6 nitrogen and oxygen atoms in total. The van der Waals surface area contributed by atoms with Crippen LogP contribution >= 0.6 is 22.9 Å². The minimum atomic E-state index is -0.657. The summed E-state index contributed by atoms with van der Waals surface area (Å²) in [6.07, 6.45) is 0.707. The molecule has 0 fully saturated rings. The van der Waals surface area contributed by atoms with E-state index in [0.717, 1.165) is 22.2 Å². The quantitative estimate of drug-likeness (QED) is 0.407. The van der Waals surface area contributed by atoms with Gasteiger partial charge in [-0.15, -0.1) is 11.3 Å². The molecule has 3 aromatic rings. The Morgan fingerprint density at radius 2 is 1.93 bits per heavy atom. The normalized spacial score (nSPS) is 11.7. The molecule has 0 N–H and O–H groups in total. The van der Waals surface area contributed by atoms with Gasteiger partial charge in [-0.3, -0.25) is 14.9 Å². The first kappa shape index (κ1) is 20.9. The van der Waals surface area contributed by atoms with E-state index in [9.17, 15) is 19.3 Å². The number of carbonyl (C=O) groups is 1. The fourth-order valence-electron chi connectivity index (χ4n) is 2.94. The lowest BCUT2D eigenvalue weighted by molar-refractivity contribution is -0.384. The third kappa shape index (κ3) is 4.28. The highest BCUT2D eigenvalue weighted by Gasteiger charge is 2.18. The molecular weight excluding hydrogens is 417 g/mol. The Labute approximate surface area is 175 Å². The van der Waals surface area contributed by atoms with Crippen LogP contribution in [-0.4, -0.2) is 15.4 Å². The van der Waals surface area contributed by atoms with Crippen molar-refractivity contribution < 1.29 is 14.1 Å². The van der Waals surface area contributed by atoms with Gasteiger partial charge >= 0.3 is 0 Å². The van der Waals surface area contributed by atoms with Gasteiger partial charge in [-0.1, -0.05) is 18.5 Å². The van der Waals surface area contributed by atoms with Crippen molar-refractivity contribution in [2.45, 2.75) is 26.8 Å². The summed E-state index contributed by atoms with van der Waals surface area (Å²) in [5, 5.41) is 11.1. The zero-order valence-electron chi connectivity index (χ0n) is 15.7. The van der Waals surface area contributed by atoms with Crippen LogP contribution in [0.2, 0.25) is 5.02 Å². The number of hydrogen-bond donors (Lipinski definition) is 0. The van der Waals surface area contributed by atoms with Crippen molar-refractivity contribution in [2.24, 2.45) is 4.99 Å². The Balaban J connectivity index is 2.15. The molecule has 1 heterocycles. The predicted molar refractivity (Wildman–Crippen MR) is 111 cm³/mol. The lowest BCUT2D eigenvalue weighted by atomic mass is 10.1. The molecular formula is C20H17ClFN3O3S. The van der Waals surface area contributed by atoms with E-state index in [-0.39, 0.29) is 22.1 Å². The van der Waals surface area contributed by atoms with E-state index in [0.29, 0.717) is 17.8 Å². The predicted octanol–water partition coefficient (Wildman–Crippen LogP) is 5.24. The number of thiazole rings is 1. The standard InChI is InChI=1S/C20H17ClFN3O3S/c1-3-17-18(12-5-7-13(22)8-6-12)24(4-2)20(29-17)23-19(26)15-11-14(25(27)28)9-10-16(15)21/h5-11H,3-4H2,1-2H3. The monoisotopic (exact) mass is 433 g/mol. The second kappa shape index (κ2) is 8.67. The molecule has 1 aromatic heterocycles. The zero-order valence-corrected chi connectivity index (χ0v) is 17.3. The zero-order chi connectivity index (χ0) is 21.1. The fraction of sp³-hybridized carbons (Fsp3) is 0.200. The number of aromatic nitrogens is 1. The Hall–Kier alpha value is -2.84. The maximum absolute atomic E-state index is 13.3. The molecule has 3 rings (SSSR count). The van der Waals surface area contributed by atoms with Crippen molar-refractivity contribution >= 4 is 34.5 Å². The maximum Gasteiger partial charge on any atom is 0.281 e. The molecule has 150 valence electrons. The van der Waals surface area contributed by atoms with Gasteiger partial charge in [0, 0.05) is 23.6 Å². The van der Waals surface area contributed by atoms with E-state index >= 15 is 0 Å². The average Bonchev–Trinajstić information content (AvgIpc) is 3.05. The highest BCUT2D eigenvalue weighted by molar-refractivity contribution is 7.09. The molecule has 1 amide bonds. The molecule has 0 bridgehead atoms. The number of nitro groups is 1. The Bertz CT molecular complexity index is 1150. The minimum absolute atomic E-state index is 0.0294. The fourth-order valence-corrected chi connectivity index (χ4v) is 4.29. The van der Waals surface area contributed by atoms with Crippen molar-refractivity contribution in [3.8, 4) is 11.3 Å². The van der Waals surface area contributed by atoms with Gasteiger partial charge in [0.05, 0.1) is 21.2 Å². The van der Waals surface area contributed by atoms with Crippen LogP contribution in [0.5, 0.6) is 0 Å². The number of aryl methyl sites for hydroxylation is 1. The van der Waals surface area contributed by atoms with Crippen molar-refractivity contribution in [2.75, 3.05) is 0 Å². The van der Waals surface area contributed by atoms with Gasteiger partial charge in [-0.05, 0) is 49.2 Å². The molecule has 0 saturated heterocycles. The first-order chi connectivity index (χ1) is 13.8. The Morgan fingerprint density at radius 3 is 2.52 bits per heavy atom. The molecule has 2 aromatic carbocycles. The van der Waals surface area contributed by atoms with Crippen LogP contribution in [-0.2, 0) is 13.0 Å². The van der Waals surface area contributed by atoms with E-state index in [1.165, 1.54) is 35.6 Å². The van der Waals surface area contributed by atoms with Crippen LogP contribution in [0, 0.1) is 15.9 Å². The van der Waals surface area contributed by atoms with Crippen molar-refractivity contribution in [3.63, 3.8) is 0 Å². The smallest absolute Gasteiger partial charge is 0.281 e. The number of nitro benzene ring substituents is 1. The highest BCUT2D eigenvalue weighted by Crippen LogP contribution is 2.27. The van der Waals surface area contributed by atoms with E-state index in [4.69, 9.17) is 11.6 Å². The van der Waals surface area contributed by atoms with Gasteiger partial charge in [0.1, 0.15) is 5.82 Å². The molecule has 0 aliphatic rings. The van der Waals surface area contributed by atoms with Gasteiger partial charge in [-0.25, -0.2) is 4.39 Å². The number of non-ortho nitro benzene ring substituents is 1. The van der Waals surface area contributed by atoms with Crippen LogP contribution in [0.1, 0.15) is 29.1 Å². The molecule has 0 atom stereocenters. The van der Waals surface area contributed by atoms with Gasteiger partial charge in [0.15, 0.2) is 4.80 Å². The van der Waals surface area contributed by atoms with Crippen LogP contribution in [0.25, 0.3) is 11.3 Å². The number of halogens is 2. The second-order valence-electron chi connectivity index (χ2n) is 6.10. The average molecular weight is 434 g/mol. The molecule has 0 spiro atoms. The van der Waals surface area contributed by atoms with Gasteiger partial charge in [0.25, 0.3) is 11.6 Å². The molecule has 0 aliphatic heterocycles. The van der Waals surface area contributed by atoms with Crippen LogP contribution < -0.4 is 4.80 Å². The first-order valence-electron chi connectivity index (χ1n) is 8.87. The molecule has 0 saturated carbocycles. The number of carbonyl (C=O) groups excluding carboxylic acids is 1. The number of nitrogens with zero attached hydrogens (tertiary/aromatic N) is 3. The van der Waals surface area contributed by atoms with Gasteiger partial charge in [-0.2, -0.15) is 4.99 Å². The Morgan fingerprint density at radius 1 is 1.24 bits per heavy atom. The first-order valence-corrected chi connectivity index (χ1v) is 10.1. The lowest BCUT2D eigenvalue weighted by Gasteiger charge is -2.08. The number of hydrogen-bond acceptors (Lipinski definition) is 4. The minimum Gasteiger partial charge on any atom is -0.316 e. The summed E-state index contributed by atoms with van der Waals surface area (Å²) in [7, 11) is 0. The van der Waals surface area contributed by atoms with Crippen LogP contribution in [0.4, 0.5) is 10.1 Å². The highest BCUT2D eigenvalue weighted by atomic mass is 35.5. The van der Waals surface area contributed by atoms with Gasteiger partial charge in [0.2, 0.25) is 0 Å². The summed E-state index contributed by atoms with van der Waals surface area (Å²) in [5.41, 5.74) is 1.43. The summed E-state index contributed by atoms with van der Waals surface area (Å²) >= 11 is 7.42. The number of benzene rings is 2. The van der Waals surface area contributed by atoms with E-state index in [1.807, 2.05) is 18.4 Å².